The highest BCUT2D eigenvalue weighted by Crippen LogP contribution is 2.24. The van der Waals surface area contributed by atoms with Crippen LogP contribution in [0.4, 0.5) is 13.6 Å². The number of carbonyl (C=O) groups excluding carboxylic acids is 2. The Morgan fingerprint density at radius 2 is 1.81 bits per heavy atom. The molecular formula is C18H23F2IN2O3. The zero-order valence-electron chi connectivity index (χ0n) is 15.3. The van der Waals surface area contributed by atoms with Crippen LogP contribution in [0.15, 0.2) is 12.1 Å². The Morgan fingerprint density at radius 3 is 2.35 bits per heavy atom. The van der Waals surface area contributed by atoms with Crippen LogP contribution in [-0.2, 0) is 4.74 Å². The Labute approximate surface area is 165 Å². The SMILES string of the molecule is CN(C(=O)c1c(F)ccc(I)c1F)C1CCN(C(=O)OC(C)(C)C)CC1. The van der Waals surface area contributed by atoms with E-state index in [1.54, 1.807) is 48.3 Å². The number of halogens is 3. The number of ether oxygens (including phenoxy) is 1. The lowest BCUT2D eigenvalue weighted by Crippen LogP contribution is -2.48. The summed E-state index contributed by atoms with van der Waals surface area (Å²) in [4.78, 5) is 27.6. The van der Waals surface area contributed by atoms with Crippen LogP contribution in [0.2, 0.25) is 0 Å². The molecule has 1 aromatic rings. The molecule has 1 fully saturated rings. The summed E-state index contributed by atoms with van der Waals surface area (Å²) >= 11 is 1.73. The van der Waals surface area contributed by atoms with Gasteiger partial charge in [0.1, 0.15) is 17.0 Å². The highest BCUT2D eigenvalue weighted by Gasteiger charge is 2.32. The van der Waals surface area contributed by atoms with Gasteiger partial charge in [0.25, 0.3) is 5.91 Å². The number of likely N-dealkylation sites (tertiary alicyclic amines) is 1. The van der Waals surface area contributed by atoms with Gasteiger partial charge in [-0.25, -0.2) is 13.6 Å². The van der Waals surface area contributed by atoms with Gasteiger partial charge in [-0.3, -0.25) is 4.79 Å². The van der Waals surface area contributed by atoms with E-state index in [2.05, 4.69) is 0 Å². The van der Waals surface area contributed by atoms with Crippen molar-refractivity contribution < 1.29 is 23.1 Å². The van der Waals surface area contributed by atoms with E-state index in [9.17, 15) is 18.4 Å². The van der Waals surface area contributed by atoms with Crippen molar-refractivity contribution in [2.24, 2.45) is 0 Å². The van der Waals surface area contributed by atoms with Gasteiger partial charge < -0.3 is 14.5 Å². The third-order valence-corrected chi connectivity index (χ3v) is 5.08. The average molecular weight is 480 g/mol. The number of hydrogen-bond acceptors (Lipinski definition) is 3. The van der Waals surface area contributed by atoms with Gasteiger partial charge in [0.15, 0.2) is 5.82 Å². The molecule has 26 heavy (non-hydrogen) atoms. The van der Waals surface area contributed by atoms with Crippen molar-refractivity contribution in [2.45, 2.75) is 45.3 Å². The van der Waals surface area contributed by atoms with E-state index in [-0.39, 0.29) is 15.7 Å². The van der Waals surface area contributed by atoms with Crippen molar-refractivity contribution in [3.05, 3.63) is 32.9 Å². The van der Waals surface area contributed by atoms with Crippen molar-refractivity contribution in [3.63, 3.8) is 0 Å². The van der Waals surface area contributed by atoms with E-state index in [1.807, 2.05) is 0 Å². The van der Waals surface area contributed by atoms with Gasteiger partial charge in [-0.15, -0.1) is 0 Å². The van der Waals surface area contributed by atoms with E-state index in [0.717, 1.165) is 6.07 Å². The van der Waals surface area contributed by atoms with Crippen LogP contribution >= 0.6 is 22.6 Å². The maximum atomic E-state index is 14.2. The molecule has 0 aliphatic carbocycles. The van der Waals surface area contributed by atoms with E-state index in [1.165, 1.54) is 18.0 Å². The van der Waals surface area contributed by atoms with Crippen LogP contribution in [0.1, 0.15) is 44.0 Å². The number of benzene rings is 1. The second-order valence-electron chi connectivity index (χ2n) is 7.33. The Morgan fingerprint density at radius 1 is 1.23 bits per heavy atom. The molecule has 1 aliphatic heterocycles. The molecule has 1 aliphatic rings. The van der Waals surface area contributed by atoms with Crippen LogP contribution in [0.3, 0.4) is 0 Å². The first-order valence-corrected chi connectivity index (χ1v) is 9.47. The second kappa shape index (κ2) is 8.06. The zero-order chi connectivity index (χ0) is 19.6. The van der Waals surface area contributed by atoms with Crippen molar-refractivity contribution >= 4 is 34.6 Å². The largest absolute Gasteiger partial charge is 0.444 e. The molecule has 2 amide bonds. The van der Waals surface area contributed by atoms with E-state index in [0.29, 0.717) is 25.9 Å². The van der Waals surface area contributed by atoms with Gasteiger partial charge in [0.05, 0.1) is 0 Å². The Hall–Kier alpha value is -1.45. The van der Waals surface area contributed by atoms with Crippen molar-refractivity contribution in [1.29, 1.82) is 0 Å². The van der Waals surface area contributed by atoms with Crippen LogP contribution in [0.25, 0.3) is 0 Å². The quantitative estimate of drug-likeness (QED) is 0.475. The van der Waals surface area contributed by atoms with Gasteiger partial charge >= 0.3 is 6.09 Å². The fourth-order valence-corrected chi connectivity index (χ4v) is 3.28. The summed E-state index contributed by atoms with van der Waals surface area (Å²) in [6.45, 7) is 6.25. The van der Waals surface area contributed by atoms with Gasteiger partial charge in [-0.2, -0.15) is 0 Å². The van der Waals surface area contributed by atoms with Crippen LogP contribution in [0.5, 0.6) is 0 Å². The summed E-state index contributed by atoms with van der Waals surface area (Å²) in [6, 6.07) is 2.19. The highest BCUT2D eigenvalue weighted by molar-refractivity contribution is 14.1. The van der Waals surface area contributed by atoms with Crippen molar-refractivity contribution in [2.75, 3.05) is 20.1 Å². The predicted octanol–water partition coefficient (Wildman–Crippen LogP) is 4.04. The smallest absolute Gasteiger partial charge is 0.410 e. The Kier molecular flexibility index (Phi) is 6.46. The molecule has 0 spiro atoms. The summed E-state index contributed by atoms with van der Waals surface area (Å²) in [7, 11) is 1.54. The van der Waals surface area contributed by atoms with Gasteiger partial charge in [0.2, 0.25) is 0 Å². The summed E-state index contributed by atoms with van der Waals surface area (Å²) in [5.74, 6) is -2.39. The number of rotatable bonds is 2. The lowest BCUT2D eigenvalue weighted by molar-refractivity contribution is 0.0159. The molecular weight excluding hydrogens is 457 g/mol. The Balaban J connectivity index is 2.02. The first-order chi connectivity index (χ1) is 12.0. The zero-order valence-corrected chi connectivity index (χ0v) is 17.5. The maximum Gasteiger partial charge on any atom is 0.410 e. The van der Waals surface area contributed by atoms with Gasteiger partial charge in [-0.1, -0.05) is 0 Å². The van der Waals surface area contributed by atoms with Crippen LogP contribution in [0, 0.1) is 15.2 Å². The molecule has 1 aromatic carbocycles. The lowest BCUT2D eigenvalue weighted by Gasteiger charge is -2.37. The maximum absolute atomic E-state index is 14.2. The van der Waals surface area contributed by atoms with E-state index in [4.69, 9.17) is 4.74 Å². The molecule has 0 saturated carbocycles. The molecule has 0 unspecified atom stereocenters. The molecule has 0 bridgehead atoms. The summed E-state index contributed by atoms with van der Waals surface area (Å²) in [5.41, 5.74) is -1.10. The molecule has 5 nitrogen and oxygen atoms in total. The number of hydrogen-bond donors (Lipinski definition) is 0. The summed E-state index contributed by atoms with van der Waals surface area (Å²) in [6.07, 6.45) is 0.656. The molecule has 2 rings (SSSR count). The molecule has 1 heterocycles. The van der Waals surface area contributed by atoms with Crippen LogP contribution < -0.4 is 0 Å². The topological polar surface area (TPSA) is 49.9 Å². The fourth-order valence-electron chi connectivity index (χ4n) is 2.83. The van der Waals surface area contributed by atoms with Crippen LogP contribution in [-0.4, -0.2) is 53.6 Å². The normalized spacial score (nSPS) is 15.7. The summed E-state index contributed by atoms with van der Waals surface area (Å²) < 4.78 is 33.7. The number of carbonyl (C=O) groups is 2. The Bertz CT molecular complexity index is 698. The predicted molar refractivity (Wildman–Crippen MR) is 102 cm³/mol. The molecule has 144 valence electrons. The minimum atomic E-state index is -0.869. The van der Waals surface area contributed by atoms with Gasteiger partial charge in [0, 0.05) is 29.7 Å². The minimum Gasteiger partial charge on any atom is -0.444 e. The molecule has 1 saturated heterocycles. The monoisotopic (exact) mass is 480 g/mol. The van der Waals surface area contributed by atoms with E-state index >= 15 is 0 Å². The van der Waals surface area contributed by atoms with E-state index < -0.39 is 28.7 Å². The average Bonchev–Trinajstić information content (AvgIpc) is 2.56. The van der Waals surface area contributed by atoms with Crippen molar-refractivity contribution in [3.8, 4) is 0 Å². The number of nitrogens with zero attached hydrogens (tertiary/aromatic N) is 2. The standard InChI is InChI=1S/C18H23F2IN2O3/c1-18(2,3)26-17(25)23-9-7-11(8-10-23)22(4)16(24)14-12(19)5-6-13(21)15(14)20/h5-6,11H,7-10H2,1-4H3. The molecule has 0 aromatic heterocycles. The molecule has 0 atom stereocenters. The first-order valence-electron chi connectivity index (χ1n) is 8.40. The molecule has 8 heteroatoms. The van der Waals surface area contributed by atoms with Gasteiger partial charge in [-0.05, 0) is 68.3 Å². The first kappa shape index (κ1) is 20.9. The fraction of sp³-hybridized carbons (Fsp3) is 0.556. The minimum absolute atomic E-state index is 0.195. The third-order valence-electron chi connectivity index (χ3n) is 4.24. The number of amides is 2. The summed E-state index contributed by atoms with van der Waals surface area (Å²) in [5, 5.41) is 0. The molecule has 0 radical (unpaired) electrons. The third kappa shape index (κ3) is 4.83. The molecule has 0 N–H and O–H groups in total. The highest BCUT2D eigenvalue weighted by atomic mass is 127. The second-order valence-corrected chi connectivity index (χ2v) is 8.50. The lowest BCUT2D eigenvalue weighted by atomic mass is 10.0. The van der Waals surface area contributed by atoms with Crippen molar-refractivity contribution in [1.82, 2.24) is 9.80 Å². The number of piperidine rings is 1.